The predicted octanol–water partition coefficient (Wildman–Crippen LogP) is 3.71. The monoisotopic (exact) mass is 358 g/mol. The zero-order valence-electron chi connectivity index (χ0n) is 13.9. The van der Waals surface area contributed by atoms with Crippen LogP contribution in [0.2, 0.25) is 0 Å². The third kappa shape index (κ3) is 4.66. The van der Waals surface area contributed by atoms with Crippen LogP contribution in [0.15, 0.2) is 47.5 Å². The lowest BCUT2D eigenvalue weighted by molar-refractivity contribution is -0.129. The summed E-state index contributed by atoms with van der Waals surface area (Å²) in [5, 5.41) is 0. The van der Waals surface area contributed by atoms with Gasteiger partial charge in [-0.1, -0.05) is 12.1 Å². The number of halogens is 1. The van der Waals surface area contributed by atoms with Gasteiger partial charge in [-0.2, -0.15) is 0 Å². The number of rotatable bonds is 7. The number of aromatic nitrogens is 1. The molecule has 0 unspecified atom stereocenters. The molecule has 0 atom stereocenters. The van der Waals surface area contributed by atoms with E-state index in [0.29, 0.717) is 17.0 Å². The van der Waals surface area contributed by atoms with Gasteiger partial charge >= 0.3 is 0 Å². The summed E-state index contributed by atoms with van der Waals surface area (Å²) in [4.78, 5) is 30.4. The fourth-order valence-corrected chi connectivity index (χ4v) is 3.34. The molecule has 1 fully saturated rings. The van der Waals surface area contributed by atoms with E-state index in [2.05, 4.69) is 4.98 Å². The Balaban J connectivity index is 1.63. The third-order valence-electron chi connectivity index (χ3n) is 4.06. The van der Waals surface area contributed by atoms with Crippen molar-refractivity contribution in [3.63, 3.8) is 0 Å². The van der Waals surface area contributed by atoms with Crippen LogP contribution in [0.5, 0.6) is 0 Å². The molecule has 0 bridgehead atoms. The van der Waals surface area contributed by atoms with E-state index in [1.54, 1.807) is 18.3 Å². The zero-order valence-corrected chi connectivity index (χ0v) is 14.8. The molecular weight excluding hydrogens is 339 g/mol. The first-order valence-corrected chi connectivity index (χ1v) is 9.16. The summed E-state index contributed by atoms with van der Waals surface area (Å²) in [5.74, 6) is -0.497. The number of pyridine rings is 1. The summed E-state index contributed by atoms with van der Waals surface area (Å²) in [7, 11) is 0. The second-order valence-corrected chi connectivity index (χ2v) is 7.08. The van der Waals surface area contributed by atoms with Crippen LogP contribution in [0.1, 0.15) is 35.8 Å². The van der Waals surface area contributed by atoms with Crippen molar-refractivity contribution in [3.8, 4) is 0 Å². The third-order valence-corrected chi connectivity index (χ3v) is 5.09. The molecule has 2 aromatic rings. The van der Waals surface area contributed by atoms with Crippen molar-refractivity contribution in [2.45, 2.75) is 37.2 Å². The molecule has 6 heteroatoms. The van der Waals surface area contributed by atoms with Crippen LogP contribution in [-0.2, 0) is 11.3 Å². The highest BCUT2D eigenvalue weighted by atomic mass is 32.2. The van der Waals surface area contributed by atoms with Gasteiger partial charge in [-0.3, -0.25) is 14.6 Å². The Morgan fingerprint density at radius 3 is 2.68 bits per heavy atom. The quantitative estimate of drug-likeness (QED) is 0.559. The highest BCUT2D eigenvalue weighted by Crippen LogP contribution is 2.30. The number of hydrogen-bond acceptors (Lipinski definition) is 4. The maximum absolute atomic E-state index is 14.1. The van der Waals surface area contributed by atoms with E-state index >= 15 is 0 Å². The van der Waals surface area contributed by atoms with Gasteiger partial charge in [0.1, 0.15) is 5.82 Å². The van der Waals surface area contributed by atoms with E-state index in [1.165, 1.54) is 13.0 Å². The van der Waals surface area contributed by atoms with Gasteiger partial charge in [0.05, 0.1) is 18.0 Å². The summed E-state index contributed by atoms with van der Waals surface area (Å²) in [5.41, 5.74) is 1.19. The highest BCUT2D eigenvalue weighted by molar-refractivity contribution is 8.00. The lowest BCUT2D eigenvalue weighted by Gasteiger charge is -2.22. The van der Waals surface area contributed by atoms with E-state index in [-0.39, 0.29) is 23.5 Å². The maximum atomic E-state index is 14.1. The molecule has 0 spiro atoms. The Labute approximate surface area is 150 Å². The molecule has 1 aliphatic carbocycles. The average Bonchev–Trinajstić information content (AvgIpc) is 3.44. The van der Waals surface area contributed by atoms with Crippen molar-refractivity contribution in [1.29, 1.82) is 0 Å². The smallest absolute Gasteiger partial charge is 0.233 e. The topological polar surface area (TPSA) is 50.3 Å². The second-order valence-electron chi connectivity index (χ2n) is 6.06. The number of carbonyl (C=O) groups is 2. The summed E-state index contributed by atoms with van der Waals surface area (Å²) < 4.78 is 14.1. The molecule has 1 amide bonds. The number of amides is 1. The number of thioether (sulfide) groups is 1. The molecule has 1 saturated carbocycles. The summed E-state index contributed by atoms with van der Waals surface area (Å²) >= 11 is 1.16. The largest absolute Gasteiger partial charge is 0.333 e. The van der Waals surface area contributed by atoms with Crippen LogP contribution in [0.3, 0.4) is 0 Å². The molecular formula is C19H19FN2O2S. The summed E-state index contributed by atoms with van der Waals surface area (Å²) in [6.07, 6.45) is 3.72. The summed E-state index contributed by atoms with van der Waals surface area (Å²) in [6.45, 7) is 1.88. The minimum absolute atomic E-state index is 0.0202. The highest BCUT2D eigenvalue weighted by Gasteiger charge is 2.32. The molecule has 0 aliphatic heterocycles. The Morgan fingerprint density at radius 2 is 2.08 bits per heavy atom. The first kappa shape index (κ1) is 17.6. The Hall–Kier alpha value is -2.21. The van der Waals surface area contributed by atoms with Crippen molar-refractivity contribution < 1.29 is 14.0 Å². The van der Waals surface area contributed by atoms with Gasteiger partial charge in [0.15, 0.2) is 5.78 Å². The second kappa shape index (κ2) is 7.78. The molecule has 1 aromatic carbocycles. The summed E-state index contributed by atoms with van der Waals surface area (Å²) in [6, 6.07) is 10.3. The Bertz CT molecular complexity index is 778. The van der Waals surface area contributed by atoms with E-state index < -0.39 is 5.82 Å². The molecule has 0 N–H and O–H groups in total. The van der Waals surface area contributed by atoms with Crippen LogP contribution in [0.4, 0.5) is 4.39 Å². The first-order valence-electron chi connectivity index (χ1n) is 8.17. The molecule has 25 heavy (non-hydrogen) atoms. The molecule has 4 nitrogen and oxygen atoms in total. The molecule has 1 aromatic heterocycles. The molecule has 130 valence electrons. The fourth-order valence-electron chi connectivity index (χ4n) is 2.53. The lowest BCUT2D eigenvalue weighted by atomic mass is 10.1. The van der Waals surface area contributed by atoms with Gasteiger partial charge in [0, 0.05) is 22.7 Å². The van der Waals surface area contributed by atoms with E-state index in [0.717, 1.165) is 30.3 Å². The van der Waals surface area contributed by atoms with Crippen molar-refractivity contribution >= 4 is 23.5 Å². The molecule has 0 radical (unpaired) electrons. The van der Waals surface area contributed by atoms with Gasteiger partial charge in [-0.25, -0.2) is 4.39 Å². The standard InChI is InChI=1S/C19H19FN2O2S/c1-13(23)14-5-8-18(17(20)10-14)25-12-19(24)22(16-6-7-16)11-15-4-2-3-9-21-15/h2-5,8-10,16H,6-7,11-12H2,1H3. The first-order chi connectivity index (χ1) is 12.0. The van der Waals surface area contributed by atoms with Crippen molar-refractivity contribution in [3.05, 3.63) is 59.7 Å². The van der Waals surface area contributed by atoms with Crippen LogP contribution in [0, 0.1) is 5.82 Å². The van der Waals surface area contributed by atoms with E-state index in [4.69, 9.17) is 0 Å². The zero-order chi connectivity index (χ0) is 17.8. The number of Topliss-reactive ketones (excluding diaryl/α,β-unsaturated/α-hetero) is 1. The minimum atomic E-state index is -0.465. The van der Waals surface area contributed by atoms with E-state index in [9.17, 15) is 14.0 Å². The van der Waals surface area contributed by atoms with Crippen molar-refractivity contribution in [1.82, 2.24) is 9.88 Å². The van der Waals surface area contributed by atoms with Gasteiger partial charge in [0.25, 0.3) is 0 Å². The average molecular weight is 358 g/mol. The van der Waals surface area contributed by atoms with Gasteiger partial charge in [-0.15, -0.1) is 11.8 Å². The number of carbonyl (C=O) groups excluding carboxylic acids is 2. The SMILES string of the molecule is CC(=O)c1ccc(SCC(=O)N(Cc2ccccn2)C2CC2)c(F)c1. The maximum Gasteiger partial charge on any atom is 0.233 e. The van der Waals surface area contributed by atoms with Gasteiger partial charge < -0.3 is 4.90 Å². The molecule has 3 rings (SSSR count). The molecule has 0 saturated heterocycles. The van der Waals surface area contributed by atoms with Crippen LogP contribution >= 0.6 is 11.8 Å². The predicted molar refractivity (Wildman–Crippen MR) is 94.9 cm³/mol. The normalized spacial score (nSPS) is 13.5. The van der Waals surface area contributed by atoms with Crippen molar-refractivity contribution in [2.75, 3.05) is 5.75 Å². The Kier molecular flexibility index (Phi) is 5.48. The Morgan fingerprint density at radius 1 is 1.28 bits per heavy atom. The van der Waals surface area contributed by atoms with Crippen LogP contribution in [0.25, 0.3) is 0 Å². The van der Waals surface area contributed by atoms with E-state index in [1.807, 2.05) is 23.1 Å². The molecule has 1 aliphatic rings. The van der Waals surface area contributed by atoms with Crippen LogP contribution < -0.4 is 0 Å². The van der Waals surface area contributed by atoms with Crippen molar-refractivity contribution in [2.24, 2.45) is 0 Å². The van der Waals surface area contributed by atoms with Gasteiger partial charge in [-0.05, 0) is 44.0 Å². The van der Waals surface area contributed by atoms with Crippen LogP contribution in [-0.4, -0.2) is 33.4 Å². The lowest BCUT2D eigenvalue weighted by Crippen LogP contribution is -2.34. The molecule has 1 heterocycles. The number of benzene rings is 1. The van der Waals surface area contributed by atoms with Gasteiger partial charge in [0.2, 0.25) is 5.91 Å². The fraction of sp³-hybridized carbons (Fsp3) is 0.316. The number of hydrogen-bond donors (Lipinski definition) is 0. The number of nitrogens with zero attached hydrogens (tertiary/aromatic N) is 2. The number of ketones is 1. The minimum Gasteiger partial charge on any atom is -0.333 e.